The summed E-state index contributed by atoms with van der Waals surface area (Å²) in [4.78, 5) is 11.4. The summed E-state index contributed by atoms with van der Waals surface area (Å²) in [5.41, 5.74) is 1.16. The smallest absolute Gasteiger partial charge is 0.225 e. The zero-order chi connectivity index (χ0) is 14.4. The monoisotopic (exact) mass is 276 g/mol. The van der Waals surface area contributed by atoms with Gasteiger partial charge in [-0.25, -0.2) is 9.97 Å². The van der Waals surface area contributed by atoms with Gasteiger partial charge in [-0.3, -0.25) is 0 Å². The highest BCUT2D eigenvalue weighted by Crippen LogP contribution is 2.22. The standard InChI is InChI=1S/C16H28N4/c1-4-14-6-5-8-20(9-7-14)16-18-11-15(12-19-16)10-17-13(2)3/h11-14,17H,4-10H2,1-3H3. The molecule has 0 spiro atoms. The minimum Gasteiger partial charge on any atom is -0.341 e. The van der Waals surface area contributed by atoms with Crippen LogP contribution in [0, 0.1) is 5.92 Å². The van der Waals surface area contributed by atoms with Gasteiger partial charge in [0.2, 0.25) is 5.95 Å². The number of hydrogen-bond donors (Lipinski definition) is 1. The molecule has 0 bridgehead atoms. The number of anilines is 1. The fraction of sp³-hybridized carbons (Fsp3) is 0.750. The Morgan fingerprint density at radius 1 is 1.25 bits per heavy atom. The van der Waals surface area contributed by atoms with Crippen molar-refractivity contribution in [2.75, 3.05) is 18.0 Å². The molecule has 1 aromatic heterocycles. The maximum absolute atomic E-state index is 4.55. The molecule has 4 heteroatoms. The molecule has 0 aliphatic carbocycles. The molecule has 20 heavy (non-hydrogen) atoms. The molecule has 1 aromatic rings. The van der Waals surface area contributed by atoms with Crippen molar-refractivity contribution in [2.45, 2.75) is 59.0 Å². The molecule has 1 N–H and O–H groups in total. The molecule has 1 saturated heterocycles. The lowest BCUT2D eigenvalue weighted by atomic mass is 9.98. The van der Waals surface area contributed by atoms with Crippen LogP contribution in [0.15, 0.2) is 12.4 Å². The highest BCUT2D eigenvalue weighted by molar-refractivity contribution is 5.30. The molecule has 1 aliphatic heterocycles. The van der Waals surface area contributed by atoms with Crippen LogP contribution in [0.2, 0.25) is 0 Å². The second-order valence-corrected chi connectivity index (χ2v) is 6.12. The van der Waals surface area contributed by atoms with E-state index in [0.29, 0.717) is 6.04 Å². The topological polar surface area (TPSA) is 41.1 Å². The normalized spacial score (nSPS) is 20.2. The molecule has 112 valence electrons. The molecule has 0 radical (unpaired) electrons. The van der Waals surface area contributed by atoms with Crippen LogP contribution in [0.3, 0.4) is 0 Å². The average molecular weight is 276 g/mol. The van der Waals surface area contributed by atoms with Crippen molar-refractivity contribution < 1.29 is 0 Å². The SMILES string of the molecule is CCC1CCCN(c2ncc(CNC(C)C)cn2)CC1. The highest BCUT2D eigenvalue weighted by Gasteiger charge is 2.17. The molecule has 1 fully saturated rings. The zero-order valence-corrected chi connectivity index (χ0v) is 13.1. The number of nitrogens with one attached hydrogen (secondary N) is 1. The number of rotatable bonds is 5. The van der Waals surface area contributed by atoms with Crippen molar-refractivity contribution in [1.82, 2.24) is 15.3 Å². The van der Waals surface area contributed by atoms with Gasteiger partial charge in [0.1, 0.15) is 0 Å². The molecule has 1 aliphatic rings. The van der Waals surface area contributed by atoms with Crippen molar-refractivity contribution in [1.29, 1.82) is 0 Å². The summed E-state index contributed by atoms with van der Waals surface area (Å²) in [6, 6.07) is 0.492. The van der Waals surface area contributed by atoms with Crippen LogP contribution in [0.1, 0.15) is 52.0 Å². The van der Waals surface area contributed by atoms with Gasteiger partial charge in [-0.2, -0.15) is 0 Å². The van der Waals surface area contributed by atoms with Crippen LogP contribution in [0.5, 0.6) is 0 Å². The first-order chi connectivity index (χ1) is 9.69. The van der Waals surface area contributed by atoms with Gasteiger partial charge in [0.25, 0.3) is 0 Å². The van der Waals surface area contributed by atoms with Gasteiger partial charge < -0.3 is 10.2 Å². The van der Waals surface area contributed by atoms with Gasteiger partial charge in [0.05, 0.1) is 0 Å². The first-order valence-corrected chi connectivity index (χ1v) is 7.98. The fourth-order valence-electron chi connectivity index (χ4n) is 2.70. The van der Waals surface area contributed by atoms with E-state index >= 15 is 0 Å². The summed E-state index contributed by atoms with van der Waals surface area (Å²) >= 11 is 0. The van der Waals surface area contributed by atoms with Crippen LogP contribution in [-0.4, -0.2) is 29.1 Å². The Morgan fingerprint density at radius 2 is 2.00 bits per heavy atom. The van der Waals surface area contributed by atoms with Crippen LogP contribution in [0.25, 0.3) is 0 Å². The Balaban J connectivity index is 1.92. The van der Waals surface area contributed by atoms with Crippen molar-refractivity contribution >= 4 is 5.95 Å². The highest BCUT2D eigenvalue weighted by atomic mass is 15.2. The summed E-state index contributed by atoms with van der Waals surface area (Å²) in [6.07, 6.45) is 9.10. The first kappa shape index (κ1) is 15.2. The van der Waals surface area contributed by atoms with Crippen LogP contribution in [0.4, 0.5) is 5.95 Å². The molecule has 0 amide bonds. The summed E-state index contributed by atoms with van der Waals surface area (Å²) in [5, 5.41) is 3.39. The van der Waals surface area contributed by atoms with Gasteiger partial charge in [0.15, 0.2) is 0 Å². The number of aromatic nitrogens is 2. The Hall–Kier alpha value is -1.16. The van der Waals surface area contributed by atoms with E-state index in [2.05, 4.69) is 41.0 Å². The van der Waals surface area contributed by atoms with Crippen molar-refractivity contribution in [3.8, 4) is 0 Å². The lowest BCUT2D eigenvalue weighted by molar-refractivity contribution is 0.459. The van der Waals surface area contributed by atoms with E-state index in [1.165, 1.54) is 25.7 Å². The Morgan fingerprint density at radius 3 is 2.65 bits per heavy atom. The van der Waals surface area contributed by atoms with E-state index in [4.69, 9.17) is 0 Å². The fourth-order valence-corrected chi connectivity index (χ4v) is 2.70. The van der Waals surface area contributed by atoms with Crippen LogP contribution < -0.4 is 10.2 Å². The molecule has 1 atom stereocenters. The van der Waals surface area contributed by atoms with Gasteiger partial charge in [0, 0.05) is 43.6 Å². The van der Waals surface area contributed by atoms with Gasteiger partial charge in [-0.1, -0.05) is 27.2 Å². The molecule has 0 saturated carbocycles. The van der Waals surface area contributed by atoms with E-state index in [9.17, 15) is 0 Å². The molecule has 1 unspecified atom stereocenters. The predicted octanol–water partition coefficient (Wildman–Crippen LogP) is 2.99. The molecule has 0 aromatic carbocycles. The lowest BCUT2D eigenvalue weighted by Gasteiger charge is -2.20. The first-order valence-electron chi connectivity index (χ1n) is 7.98. The van der Waals surface area contributed by atoms with Gasteiger partial charge in [-0.05, 0) is 25.2 Å². The van der Waals surface area contributed by atoms with Crippen molar-refractivity contribution in [3.05, 3.63) is 18.0 Å². The van der Waals surface area contributed by atoms with Gasteiger partial charge >= 0.3 is 0 Å². The summed E-state index contributed by atoms with van der Waals surface area (Å²) < 4.78 is 0. The van der Waals surface area contributed by atoms with Gasteiger partial charge in [-0.15, -0.1) is 0 Å². The summed E-state index contributed by atoms with van der Waals surface area (Å²) in [5.74, 6) is 1.78. The van der Waals surface area contributed by atoms with E-state index < -0.39 is 0 Å². The third-order valence-electron chi connectivity index (χ3n) is 4.11. The molecular formula is C16H28N4. The van der Waals surface area contributed by atoms with E-state index in [1.807, 2.05) is 12.4 Å². The third-order valence-corrected chi connectivity index (χ3v) is 4.11. The Labute approximate surface area is 123 Å². The maximum Gasteiger partial charge on any atom is 0.225 e. The van der Waals surface area contributed by atoms with Crippen LogP contribution >= 0.6 is 0 Å². The second kappa shape index (κ2) is 7.58. The Bertz CT molecular complexity index is 388. The van der Waals surface area contributed by atoms with Crippen LogP contribution in [-0.2, 0) is 6.54 Å². The number of nitrogens with zero attached hydrogens (tertiary/aromatic N) is 3. The Kier molecular flexibility index (Phi) is 5.77. The van der Waals surface area contributed by atoms with E-state index in [1.54, 1.807) is 0 Å². The molecular weight excluding hydrogens is 248 g/mol. The second-order valence-electron chi connectivity index (χ2n) is 6.12. The minimum atomic E-state index is 0.492. The summed E-state index contributed by atoms with van der Waals surface area (Å²) in [7, 11) is 0. The number of hydrogen-bond acceptors (Lipinski definition) is 4. The van der Waals surface area contributed by atoms with E-state index in [0.717, 1.165) is 37.1 Å². The van der Waals surface area contributed by atoms with E-state index in [-0.39, 0.29) is 0 Å². The minimum absolute atomic E-state index is 0.492. The van der Waals surface area contributed by atoms with Crippen molar-refractivity contribution in [2.24, 2.45) is 5.92 Å². The predicted molar refractivity (Wildman–Crippen MR) is 83.9 cm³/mol. The van der Waals surface area contributed by atoms with Crippen molar-refractivity contribution in [3.63, 3.8) is 0 Å². The average Bonchev–Trinajstić information content (AvgIpc) is 2.71. The molecule has 4 nitrogen and oxygen atoms in total. The lowest BCUT2D eigenvalue weighted by Crippen LogP contribution is -2.26. The molecule has 2 rings (SSSR count). The largest absolute Gasteiger partial charge is 0.341 e. The third kappa shape index (κ3) is 4.44. The maximum atomic E-state index is 4.55. The quantitative estimate of drug-likeness (QED) is 0.897. The molecule has 2 heterocycles. The summed E-state index contributed by atoms with van der Waals surface area (Å²) in [6.45, 7) is 9.64. The zero-order valence-electron chi connectivity index (χ0n) is 13.1.